The molecule has 0 spiro atoms. The molecule has 0 aromatic carbocycles. The number of rotatable bonds is 3. The van der Waals surface area contributed by atoms with Crippen LogP contribution < -0.4 is 0 Å². The lowest BCUT2D eigenvalue weighted by Gasteiger charge is -2.26. The van der Waals surface area contributed by atoms with Crippen LogP contribution in [-0.4, -0.2) is 47.5 Å². The van der Waals surface area contributed by atoms with E-state index in [1.165, 1.54) is 0 Å². The van der Waals surface area contributed by atoms with Gasteiger partial charge in [0.25, 0.3) is 5.91 Å². The summed E-state index contributed by atoms with van der Waals surface area (Å²) in [6.45, 7) is -0.489. The molecule has 0 aromatic heterocycles. The Hall–Kier alpha value is -0.850. The molecule has 0 saturated carbocycles. The molecule has 1 fully saturated rings. The monoisotopic (exact) mass is 229 g/mol. The van der Waals surface area contributed by atoms with Crippen molar-refractivity contribution in [3.8, 4) is 0 Å². The lowest BCUT2D eigenvalue weighted by Crippen LogP contribution is -2.50. The highest BCUT2D eigenvalue weighted by molar-refractivity contribution is 5.84. The second-order valence-corrected chi connectivity index (χ2v) is 3.40. The molecule has 0 aliphatic carbocycles. The zero-order valence-electron chi connectivity index (χ0n) is 7.80. The third-order valence-electron chi connectivity index (χ3n) is 2.41. The summed E-state index contributed by atoms with van der Waals surface area (Å²) in [5, 5.41) is 8.76. The first kappa shape index (κ1) is 12.2. The van der Waals surface area contributed by atoms with Crippen molar-refractivity contribution in [3.63, 3.8) is 0 Å². The van der Waals surface area contributed by atoms with Crippen LogP contribution in [-0.2, 0) is 4.79 Å². The molecule has 3 nitrogen and oxygen atoms in total. The number of halogens is 4. The second kappa shape index (κ2) is 4.34. The Morgan fingerprint density at radius 1 is 1.53 bits per heavy atom. The van der Waals surface area contributed by atoms with Gasteiger partial charge in [0.2, 0.25) is 0 Å². The fourth-order valence-electron chi connectivity index (χ4n) is 1.58. The fraction of sp³-hybridized carbons (Fsp3) is 0.875. The van der Waals surface area contributed by atoms with E-state index in [1.54, 1.807) is 0 Å². The van der Waals surface area contributed by atoms with Crippen LogP contribution in [0.3, 0.4) is 0 Å². The Morgan fingerprint density at radius 3 is 2.60 bits per heavy atom. The highest BCUT2D eigenvalue weighted by atomic mass is 19.3. The van der Waals surface area contributed by atoms with Crippen molar-refractivity contribution in [2.45, 2.75) is 31.2 Å². The number of alkyl halides is 4. The number of carbonyl (C=O) groups excluding carboxylic acids is 1. The molecule has 1 atom stereocenters. The zero-order valence-corrected chi connectivity index (χ0v) is 7.80. The summed E-state index contributed by atoms with van der Waals surface area (Å²) in [7, 11) is 0. The zero-order chi connectivity index (χ0) is 11.6. The molecule has 7 heteroatoms. The highest BCUT2D eigenvalue weighted by Crippen LogP contribution is 2.29. The average molecular weight is 229 g/mol. The molecular formula is C8H11F4NO2. The van der Waals surface area contributed by atoms with Gasteiger partial charge in [-0.15, -0.1) is 0 Å². The average Bonchev–Trinajstić information content (AvgIpc) is 2.63. The number of amides is 1. The van der Waals surface area contributed by atoms with Crippen molar-refractivity contribution >= 4 is 5.91 Å². The van der Waals surface area contributed by atoms with Gasteiger partial charge in [0.05, 0.1) is 12.6 Å². The first-order valence-corrected chi connectivity index (χ1v) is 4.49. The Bertz CT molecular complexity index is 247. The predicted molar refractivity (Wildman–Crippen MR) is 42.8 cm³/mol. The van der Waals surface area contributed by atoms with Gasteiger partial charge >= 0.3 is 12.3 Å². The van der Waals surface area contributed by atoms with Gasteiger partial charge in [0.15, 0.2) is 0 Å². The number of hydrogen-bond acceptors (Lipinski definition) is 2. The van der Waals surface area contributed by atoms with Crippen molar-refractivity contribution in [2.75, 3.05) is 13.2 Å². The molecule has 0 bridgehead atoms. The summed E-state index contributed by atoms with van der Waals surface area (Å²) in [6, 6.07) is -0.762. The summed E-state index contributed by atoms with van der Waals surface area (Å²) in [5.74, 6) is -6.55. The van der Waals surface area contributed by atoms with Crippen molar-refractivity contribution in [2.24, 2.45) is 0 Å². The van der Waals surface area contributed by atoms with Crippen molar-refractivity contribution in [1.82, 2.24) is 4.90 Å². The maximum absolute atomic E-state index is 12.7. The Kier molecular flexibility index (Phi) is 3.54. The Balaban J connectivity index is 2.75. The summed E-state index contributed by atoms with van der Waals surface area (Å²) < 4.78 is 49.1. The van der Waals surface area contributed by atoms with Gasteiger partial charge in [-0.1, -0.05) is 0 Å². The molecule has 1 N–H and O–H groups in total. The van der Waals surface area contributed by atoms with Gasteiger partial charge in [0.1, 0.15) is 0 Å². The Morgan fingerprint density at radius 2 is 2.13 bits per heavy atom. The lowest BCUT2D eigenvalue weighted by atomic mass is 10.2. The summed E-state index contributed by atoms with van der Waals surface area (Å²) in [6.07, 6.45) is -3.21. The maximum Gasteiger partial charge on any atom is 0.383 e. The molecule has 1 heterocycles. The van der Waals surface area contributed by atoms with Crippen molar-refractivity contribution < 1.29 is 27.5 Å². The molecule has 0 aromatic rings. The largest absolute Gasteiger partial charge is 0.394 e. The van der Waals surface area contributed by atoms with Crippen molar-refractivity contribution in [3.05, 3.63) is 0 Å². The van der Waals surface area contributed by atoms with Gasteiger partial charge in [-0.05, 0) is 12.8 Å². The first-order valence-electron chi connectivity index (χ1n) is 4.49. The smallest absolute Gasteiger partial charge is 0.383 e. The minimum Gasteiger partial charge on any atom is -0.394 e. The lowest BCUT2D eigenvalue weighted by molar-refractivity contribution is -0.182. The molecule has 1 rings (SSSR count). The van der Waals surface area contributed by atoms with E-state index in [0.29, 0.717) is 17.7 Å². The number of carbonyl (C=O) groups is 1. The van der Waals surface area contributed by atoms with E-state index in [9.17, 15) is 22.4 Å². The van der Waals surface area contributed by atoms with Crippen LogP contribution in [0.4, 0.5) is 17.6 Å². The van der Waals surface area contributed by atoms with Crippen LogP contribution in [0.2, 0.25) is 0 Å². The normalized spacial score (nSPS) is 22.5. The van der Waals surface area contributed by atoms with E-state index in [0.717, 1.165) is 0 Å². The maximum atomic E-state index is 12.7. The van der Waals surface area contributed by atoms with E-state index in [-0.39, 0.29) is 6.54 Å². The number of hydrogen-bond donors (Lipinski definition) is 1. The van der Waals surface area contributed by atoms with E-state index >= 15 is 0 Å². The van der Waals surface area contributed by atoms with Gasteiger partial charge in [-0.2, -0.15) is 8.78 Å². The first-order chi connectivity index (χ1) is 6.91. The van der Waals surface area contributed by atoms with Crippen LogP contribution in [0, 0.1) is 0 Å². The quantitative estimate of drug-likeness (QED) is 0.729. The molecule has 15 heavy (non-hydrogen) atoms. The van der Waals surface area contributed by atoms with Gasteiger partial charge < -0.3 is 10.0 Å². The minimum absolute atomic E-state index is 0.00757. The highest BCUT2D eigenvalue weighted by Gasteiger charge is 2.52. The van der Waals surface area contributed by atoms with E-state index in [1.807, 2.05) is 0 Å². The fourth-order valence-corrected chi connectivity index (χ4v) is 1.58. The van der Waals surface area contributed by atoms with Crippen LogP contribution in [0.15, 0.2) is 0 Å². The van der Waals surface area contributed by atoms with Gasteiger partial charge in [0, 0.05) is 6.54 Å². The standard InChI is InChI=1S/C8H11F4NO2/c9-6(10)8(11,12)7(15)13-3-1-2-5(13)4-14/h5-6,14H,1-4H2/t5-/m1/s1. The van der Waals surface area contributed by atoms with Crippen LogP contribution >= 0.6 is 0 Å². The molecule has 0 radical (unpaired) electrons. The third kappa shape index (κ3) is 2.22. The van der Waals surface area contributed by atoms with Crippen molar-refractivity contribution in [1.29, 1.82) is 0 Å². The van der Waals surface area contributed by atoms with E-state index in [2.05, 4.69) is 0 Å². The second-order valence-electron chi connectivity index (χ2n) is 3.40. The van der Waals surface area contributed by atoms with Gasteiger partial charge in [-0.25, -0.2) is 8.78 Å². The molecule has 1 aliphatic rings. The van der Waals surface area contributed by atoms with E-state index in [4.69, 9.17) is 5.11 Å². The molecule has 1 saturated heterocycles. The summed E-state index contributed by atoms with van der Waals surface area (Å²) >= 11 is 0. The Labute approximate surface area is 83.7 Å². The number of aliphatic hydroxyl groups is 1. The van der Waals surface area contributed by atoms with Crippen LogP contribution in [0.25, 0.3) is 0 Å². The van der Waals surface area contributed by atoms with E-state index < -0.39 is 30.9 Å². The number of nitrogens with zero attached hydrogens (tertiary/aromatic N) is 1. The van der Waals surface area contributed by atoms with Crippen LogP contribution in [0.1, 0.15) is 12.8 Å². The predicted octanol–water partition coefficient (Wildman–Crippen LogP) is 0.870. The summed E-state index contributed by atoms with van der Waals surface area (Å²) in [4.78, 5) is 11.7. The third-order valence-corrected chi connectivity index (χ3v) is 2.41. The number of aliphatic hydroxyl groups excluding tert-OH is 1. The molecular weight excluding hydrogens is 218 g/mol. The molecule has 1 amide bonds. The summed E-state index contributed by atoms with van der Waals surface area (Å²) in [5.41, 5.74) is 0. The minimum atomic E-state index is -4.66. The molecule has 1 aliphatic heterocycles. The molecule has 0 unspecified atom stereocenters. The SMILES string of the molecule is O=C(N1CCC[C@@H]1CO)C(F)(F)C(F)F. The van der Waals surface area contributed by atoms with Gasteiger partial charge in [-0.3, -0.25) is 4.79 Å². The van der Waals surface area contributed by atoms with Crippen LogP contribution in [0.5, 0.6) is 0 Å². The molecule has 88 valence electrons. The topological polar surface area (TPSA) is 40.5 Å². The number of likely N-dealkylation sites (tertiary alicyclic amines) is 1.